The van der Waals surface area contributed by atoms with Gasteiger partial charge in [0.1, 0.15) is 0 Å². The molecule has 1 rings (SSSR count). The van der Waals surface area contributed by atoms with Crippen LogP contribution in [0.15, 0.2) is 0 Å². The van der Waals surface area contributed by atoms with Gasteiger partial charge in [-0.15, -0.1) is 0 Å². The Bertz CT molecular complexity index is 230. The fourth-order valence-corrected chi connectivity index (χ4v) is 2.98. The normalized spacial score (nSPS) is 21.8. The fourth-order valence-electron chi connectivity index (χ4n) is 2.98. The maximum absolute atomic E-state index is 3.53. The lowest BCUT2D eigenvalue weighted by atomic mass is 10.1. The summed E-state index contributed by atoms with van der Waals surface area (Å²) in [4.78, 5) is 5.20. The third-order valence-electron chi connectivity index (χ3n) is 4.46. The van der Waals surface area contributed by atoms with Crippen molar-refractivity contribution < 1.29 is 0 Å². The van der Waals surface area contributed by atoms with Gasteiger partial charge in [0.25, 0.3) is 0 Å². The SMILES string of the molecule is CCC1CN(CCCCCCNCC(C)C)CCN1C. The lowest BCUT2D eigenvalue weighted by Crippen LogP contribution is -2.51. The van der Waals surface area contributed by atoms with E-state index in [1.165, 1.54) is 71.4 Å². The highest BCUT2D eigenvalue weighted by atomic mass is 15.3. The van der Waals surface area contributed by atoms with Gasteiger partial charge in [-0.25, -0.2) is 0 Å². The van der Waals surface area contributed by atoms with Crippen molar-refractivity contribution in [3.05, 3.63) is 0 Å². The minimum absolute atomic E-state index is 0.777. The van der Waals surface area contributed by atoms with Crippen LogP contribution in [0.4, 0.5) is 0 Å². The fraction of sp³-hybridized carbons (Fsp3) is 1.00. The van der Waals surface area contributed by atoms with Gasteiger partial charge in [-0.3, -0.25) is 0 Å². The summed E-state index contributed by atoms with van der Waals surface area (Å²) in [5.41, 5.74) is 0. The standard InChI is InChI=1S/C17H37N3/c1-5-17-15-20(13-12-19(17)4)11-9-7-6-8-10-18-14-16(2)3/h16-18H,5-15H2,1-4H3. The van der Waals surface area contributed by atoms with Crippen molar-refractivity contribution in [2.24, 2.45) is 5.92 Å². The Morgan fingerprint density at radius 1 is 1.10 bits per heavy atom. The van der Waals surface area contributed by atoms with E-state index in [9.17, 15) is 0 Å². The summed E-state index contributed by atoms with van der Waals surface area (Å²) >= 11 is 0. The number of rotatable bonds is 10. The predicted molar refractivity (Wildman–Crippen MR) is 89.3 cm³/mol. The summed E-state index contributed by atoms with van der Waals surface area (Å²) in [5, 5.41) is 3.53. The van der Waals surface area contributed by atoms with Gasteiger partial charge < -0.3 is 15.1 Å². The lowest BCUT2D eigenvalue weighted by molar-refractivity contribution is 0.0919. The van der Waals surface area contributed by atoms with Crippen LogP contribution in [0.5, 0.6) is 0 Å². The number of hydrogen-bond donors (Lipinski definition) is 1. The molecule has 20 heavy (non-hydrogen) atoms. The molecular weight excluding hydrogens is 246 g/mol. The van der Waals surface area contributed by atoms with Crippen LogP contribution < -0.4 is 5.32 Å². The third-order valence-corrected chi connectivity index (χ3v) is 4.46. The van der Waals surface area contributed by atoms with Gasteiger partial charge >= 0.3 is 0 Å². The monoisotopic (exact) mass is 283 g/mol. The van der Waals surface area contributed by atoms with Crippen LogP contribution >= 0.6 is 0 Å². The Morgan fingerprint density at radius 2 is 1.85 bits per heavy atom. The molecule has 3 heteroatoms. The zero-order valence-electron chi connectivity index (χ0n) is 14.3. The summed E-state index contributed by atoms with van der Waals surface area (Å²) in [6.45, 7) is 14.3. The number of hydrogen-bond acceptors (Lipinski definition) is 3. The van der Waals surface area contributed by atoms with Gasteiger partial charge in [-0.1, -0.05) is 33.6 Å². The quantitative estimate of drug-likeness (QED) is 0.622. The van der Waals surface area contributed by atoms with E-state index >= 15 is 0 Å². The highest BCUT2D eigenvalue weighted by molar-refractivity contribution is 4.78. The van der Waals surface area contributed by atoms with Crippen molar-refractivity contribution in [2.45, 2.75) is 58.9 Å². The van der Waals surface area contributed by atoms with E-state index in [0.717, 1.165) is 12.0 Å². The van der Waals surface area contributed by atoms with Gasteiger partial charge in [-0.2, -0.15) is 0 Å². The molecule has 0 bridgehead atoms. The molecule has 1 aliphatic heterocycles. The minimum atomic E-state index is 0.777. The molecule has 0 aliphatic carbocycles. The maximum Gasteiger partial charge on any atom is 0.0218 e. The van der Waals surface area contributed by atoms with E-state index < -0.39 is 0 Å². The summed E-state index contributed by atoms with van der Waals surface area (Å²) < 4.78 is 0. The highest BCUT2D eigenvalue weighted by Gasteiger charge is 2.21. The molecule has 1 unspecified atom stereocenters. The third kappa shape index (κ3) is 7.61. The van der Waals surface area contributed by atoms with Crippen LogP contribution in [-0.2, 0) is 0 Å². The first-order valence-electron chi connectivity index (χ1n) is 8.76. The first kappa shape index (κ1) is 17.9. The number of unbranched alkanes of at least 4 members (excludes halogenated alkanes) is 3. The van der Waals surface area contributed by atoms with E-state index in [1.807, 2.05) is 0 Å². The molecule has 1 N–H and O–H groups in total. The molecule has 1 atom stereocenters. The van der Waals surface area contributed by atoms with Crippen LogP contribution in [0, 0.1) is 5.92 Å². The molecule has 0 spiro atoms. The topological polar surface area (TPSA) is 18.5 Å². The second-order valence-corrected chi connectivity index (χ2v) is 6.86. The molecule has 1 fully saturated rings. The van der Waals surface area contributed by atoms with E-state index in [-0.39, 0.29) is 0 Å². The highest BCUT2D eigenvalue weighted by Crippen LogP contribution is 2.11. The number of nitrogens with zero attached hydrogens (tertiary/aromatic N) is 2. The van der Waals surface area contributed by atoms with Crippen LogP contribution in [0.3, 0.4) is 0 Å². The molecule has 120 valence electrons. The predicted octanol–water partition coefficient (Wildman–Crippen LogP) is 2.82. The van der Waals surface area contributed by atoms with Crippen molar-refractivity contribution in [3.8, 4) is 0 Å². The van der Waals surface area contributed by atoms with Gasteiger partial charge in [-0.05, 0) is 51.9 Å². The molecule has 1 saturated heterocycles. The Labute approximate surface area is 127 Å². The number of likely N-dealkylation sites (N-methyl/N-ethyl adjacent to an activating group) is 1. The second-order valence-electron chi connectivity index (χ2n) is 6.86. The second kappa shape index (κ2) is 10.6. The zero-order chi connectivity index (χ0) is 14.8. The average Bonchev–Trinajstić information content (AvgIpc) is 2.43. The van der Waals surface area contributed by atoms with Gasteiger partial charge in [0.15, 0.2) is 0 Å². The molecule has 0 saturated carbocycles. The smallest absolute Gasteiger partial charge is 0.0218 e. The Kier molecular flexibility index (Phi) is 9.49. The maximum atomic E-state index is 3.53. The molecule has 0 aromatic heterocycles. The van der Waals surface area contributed by atoms with E-state index in [0.29, 0.717) is 0 Å². The average molecular weight is 284 g/mol. The first-order valence-corrected chi connectivity index (χ1v) is 8.76. The summed E-state index contributed by atoms with van der Waals surface area (Å²) in [7, 11) is 2.27. The van der Waals surface area contributed by atoms with Gasteiger partial charge in [0, 0.05) is 25.7 Å². The molecular formula is C17H37N3. The van der Waals surface area contributed by atoms with Crippen LogP contribution in [0.25, 0.3) is 0 Å². The molecule has 0 radical (unpaired) electrons. The van der Waals surface area contributed by atoms with Crippen molar-refractivity contribution in [1.82, 2.24) is 15.1 Å². The van der Waals surface area contributed by atoms with E-state index in [4.69, 9.17) is 0 Å². The van der Waals surface area contributed by atoms with E-state index in [2.05, 4.69) is 42.9 Å². The molecule has 0 aromatic carbocycles. The number of nitrogens with one attached hydrogen (secondary N) is 1. The summed E-state index contributed by atoms with van der Waals surface area (Å²) in [6.07, 6.45) is 6.79. The van der Waals surface area contributed by atoms with Crippen LogP contribution in [-0.4, -0.2) is 62.2 Å². The van der Waals surface area contributed by atoms with Crippen LogP contribution in [0.2, 0.25) is 0 Å². The summed E-state index contributed by atoms with van der Waals surface area (Å²) in [5.74, 6) is 0.777. The summed E-state index contributed by atoms with van der Waals surface area (Å²) in [6, 6.07) is 0.781. The zero-order valence-corrected chi connectivity index (χ0v) is 14.3. The molecule has 0 amide bonds. The van der Waals surface area contributed by atoms with E-state index in [1.54, 1.807) is 0 Å². The largest absolute Gasteiger partial charge is 0.316 e. The molecule has 3 nitrogen and oxygen atoms in total. The van der Waals surface area contributed by atoms with Crippen molar-refractivity contribution in [1.29, 1.82) is 0 Å². The Hall–Kier alpha value is -0.120. The van der Waals surface area contributed by atoms with Crippen molar-refractivity contribution in [3.63, 3.8) is 0 Å². The molecule has 1 aliphatic rings. The van der Waals surface area contributed by atoms with Crippen LogP contribution in [0.1, 0.15) is 52.9 Å². The van der Waals surface area contributed by atoms with Gasteiger partial charge in [0.2, 0.25) is 0 Å². The number of piperazine rings is 1. The lowest BCUT2D eigenvalue weighted by Gasteiger charge is -2.39. The first-order chi connectivity index (χ1) is 9.63. The Balaban J connectivity index is 1.94. The van der Waals surface area contributed by atoms with Gasteiger partial charge in [0.05, 0.1) is 0 Å². The van der Waals surface area contributed by atoms with Crippen molar-refractivity contribution in [2.75, 3.05) is 46.3 Å². The van der Waals surface area contributed by atoms with Crippen molar-refractivity contribution >= 4 is 0 Å². The minimum Gasteiger partial charge on any atom is -0.316 e. The molecule has 0 aromatic rings. The Morgan fingerprint density at radius 3 is 2.55 bits per heavy atom. The molecule has 1 heterocycles.